The van der Waals surface area contributed by atoms with Gasteiger partial charge in [-0.05, 0) is 44.4 Å². The summed E-state index contributed by atoms with van der Waals surface area (Å²) in [5.74, 6) is -0.199. The Bertz CT molecular complexity index is 1130. The van der Waals surface area contributed by atoms with Crippen LogP contribution in [0.1, 0.15) is 72.5 Å². The third kappa shape index (κ3) is 5.07. The number of benzene rings is 1. The molecule has 1 unspecified atom stereocenters. The molecule has 1 aliphatic carbocycles. The minimum atomic E-state index is -1.08. The molecule has 1 atom stereocenters. The lowest BCUT2D eigenvalue weighted by atomic mass is 9.94. The molecule has 3 amide bonds. The highest BCUT2D eigenvalue weighted by Gasteiger charge is 2.48. The number of carbonyl (C=O) groups is 3. The number of hydrogen-bond acceptors (Lipinski definition) is 5. The number of hydrogen-bond donors (Lipinski definition) is 2. The van der Waals surface area contributed by atoms with Crippen LogP contribution >= 0.6 is 15.9 Å². The Kier molecular flexibility index (Phi) is 7.49. The predicted molar refractivity (Wildman–Crippen MR) is 134 cm³/mol. The van der Waals surface area contributed by atoms with Gasteiger partial charge in [-0.1, -0.05) is 35.7 Å². The van der Waals surface area contributed by atoms with Gasteiger partial charge in [0.15, 0.2) is 5.69 Å². The van der Waals surface area contributed by atoms with E-state index in [0.29, 0.717) is 24.4 Å². The molecular formula is C25H32BrN5O4. The number of fused-ring (bicyclic) bond motifs is 1. The number of rotatable bonds is 8. The summed E-state index contributed by atoms with van der Waals surface area (Å²) in [6.07, 6.45) is 4.85. The van der Waals surface area contributed by atoms with Crippen molar-refractivity contribution in [2.75, 3.05) is 13.7 Å². The number of carbonyl (C=O) groups excluding carboxylic acids is 3. The number of halogens is 1. The topological polar surface area (TPSA) is 106 Å². The molecule has 35 heavy (non-hydrogen) atoms. The second kappa shape index (κ2) is 10.4. The SMILES string of the molecule is CCCN1C(=O)c2cc(C(=O)NCc3cc(Br)ccc3OC)nn2CC1(C)C(=O)NC1CCCC1. The molecule has 0 spiro atoms. The van der Waals surface area contributed by atoms with Crippen molar-refractivity contribution >= 4 is 33.7 Å². The van der Waals surface area contributed by atoms with Gasteiger partial charge in [-0.25, -0.2) is 0 Å². The van der Waals surface area contributed by atoms with Gasteiger partial charge in [0.2, 0.25) is 5.91 Å². The molecule has 0 radical (unpaired) electrons. The normalized spacial score (nSPS) is 20.0. The molecule has 0 saturated heterocycles. The molecular weight excluding hydrogens is 514 g/mol. The van der Waals surface area contributed by atoms with E-state index in [4.69, 9.17) is 4.74 Å². The quantitative estimate of drug-likeness (QED) is 0.529. The fourth-order valence-corrected chi connectivity index (χ4v) is 5.30. The molecule has 2 aromatic rings. The van der Waals surface area contributed by atoms with Crippen LogP contribution in [-0.4, -0.2) is 57.6 Å². The van der Waals surface area contributed by atoms with E-state index >= 15 is 0 Å². The third-order valence-electron chi connectivity index (χ3n) is 6.84. The summed E-state index contributed by atoms with van der Waals surface area (Å²) >= 11 is 3.43. The average Bonchev–Trinajstić information content (AvgIpc) is 3.50. The van der Waals surface area contributed by atoms with Gasteiger partial charge in [-0.2, -0.15) is 5.10 Å². The number of nitrogens with zero attached hydrogens (tertiary/aromatic N) is 3. The highest BCUT2D eigenvalue weighted by atomic mass is 79.9. The standard InChI is InChI=1S/C25H32BrN5O4/c1-4-11-30-23(33)20-13-19(22(32)27-14-16-12-17(26)9-10-21(16)35-3)29-31(20)15-25(30,2)24(34)28-18-7-5-6-8-18/h9-10,12-13,18H,4-8,11,14-15H2,1-3H3,(H,27,32)(H,28,34). The number of nitrogens with one attached hydrogen (secondary N) is 2. The maximum absolute atomic E-state index is 13.4. The van der Waals surface area contributed by atoms with Crippen LogP contribution in [0.3, 0.4) is 0 Å². The van der Waals surface area contributed by atoms with E-state index in [1.165, 1.54) is 10.7 Å². The van der Waals surface area contributed by atoms with Crippen LogP contribution < -0.4 is 15.4 Å². The van der Waals surface area contributed by atoms with Gasteiger partial charge in [-0.15, -0.1) is 0 Å². The van der Waals surface area contributed by atoms with E-state index in [2.05, 4.69) is 31.7 Å². The zero-order valence-corrected chi connectivity index (χ0v) is 22.0. The molecule has 1 fully saturated rings. The highest BCUT2D eigenvalue weighted by molar-refractivity contribution is 9.10. The van der Waals surface area contributed by atoms with Crippen LogP contribution in [0, 0.1) is 0 Å². The Morgan fingerprint density at radius 3 is 2.69 bits per heavy atom. The molecule has 2 aliphatic rings. The first-order valence-electron chi connectivity index (χ1n) is 12.1. The lowest BCUT2D eigenvalue weighted by Gasteiger charge is -2.43. The minimum Gasteiger partial charge on any atom is -0.496 e. The van der Waals surface area contributed by atoms with Crippen LogP contribution in [0.15, 0.2) is 28.7 Å². The van der Waals surface area contributed by atoms with E-state index in [1.807, 2.05) is 25.1 Å². The van der Waals surface area contributed by atoms with Gasteiger partial charge >= 0.3 is 0 Å². The molecule has 9 nitrogen and oxygen atoms in total. The summed E-state index contributed by atoms with van der Waals surface area (Å²) in [5.41, 5.74) is 0.182. The van der Waals surface area contributed by atoms with Gasteiger partial charge in [-0.3, -0.25) is 19.1 Å². The molecule has 188 valence electrons. The summed E-state index contributed by atoms with van der Waals surface area (Å²) in [4.78, 5) is 41.3. The Morgan fingerprint density at radius 1 is 1.26 bits per heavy atom. The van der Waals surface area contributed by atoms with E-state index < -0.39 is 11.4 Å². The Balaban J connectivity index is 1.54. The molecule has 2 N–H and O–H groups in total. The summed E-state index contributed by atoms with van der Waals surface area (Å²) < 4.78 is 7.74. The number of aromatic nitrogens is 2. The summed E-state index contributed by atoms with van der Waals surface area (Å²) in [5, 5.41) is 10.4. The van der Waals surface area contributed by atoms with Crippen LogP contribution in [0.2, 0.25) is 0 Å². The Hall–Kier alpha value is -2.88. The van der Waals surface area contributed by atoms with Gasteiger partial charge in [0, 0.05) is 35.2 Å². The first kappa shape index (κ1) is 25.2. The van der Waals surface area contributed by atoms with E-state index in [0.717, 1.165) is 35.7 Å². The first-order chi connectivity index (χ1) is 16.8. The lowest BCUT2D eigenvalue weighted by molar-refractivity contribution is -0.133. The van der Waals surface area contributed by atoms with Crippen molar-refractivity contribution < 1.29 is 19.1 Å². The molecule has 10 heteroatoms. The zero-order valence-electron chi connectivity index (χ0n) is 20.4. The van der Waals surface area contributed by atoms with Crippen molar-refractivity contribution in [1.82, 2.24) is 25.3 Å². The van der Waals surface area contributed by atoms with E-state index in [-0.39, 0.29) is 36.6 Å². The molecule has 2 heterocycles. The summed E-state index contributed by atoms with van der Waals surface area (Å²) in [7, 11) is 1.57. The molecule has 1 aliphatic heterocycles. The van der Waals surface area contributed by atoms with Crippen LogP contribution in [0.4, 0.5) is 0 Å². The lowest BCUT2D eigenvalue weighted by Crippen LogP contribution is -2.65. The van der Waals surface area contributed by atoms with Gasteiger partial charge in [0.1, 0.15) is 17.0 Å². The van der Waals surface area contributed by atoms with Gasteiger partial charge in [0.05, 0.1) is 13.7 Å². The third-order valence-corrected chi connectivity index (χ3v) is 7.33. The van der Waals surface area contributed by atoms with Crippen molar-refractivity contribution in [3.05, 3.63) is 45.7 Å². The first-order valence-corrected chi connectivity index (χ1v) is 12.9. The molecule has 0 bridgehead atoms. The average molecular weight is 546 g/mol. The molecule has 1 aromatic heterocycles. The maximum atomic E-state index is 13.4. The second-order valence-corrected chi connectivity index (χ2v) is 10.3. The van der Waals surface area contributed by atoms with Crippen molar-refractivity contribution in [3.63, 3.8) is 0 Å². The zero-order chi connectivity index (χ0) is 25.2. The van der Waals surface area contributed by atoms with Crippen LogP contribution in [0.5, 0.6) is 5.75 Å². The highest BCUT2D eigenvalue weighted by Crippen LogP contribution is 2.29. The van der Waals surface area contributed by atoms with Crippen molar-refractivity contribution in [2.24, 2.45) is 0 Å². The second-order valence-electron chi connectivity index (χ2n) is 9.40. The number of amides is 3. The van der Waals surface area contributed by atoms with Gasteiger partial charge < -0.3 is 20.3 Å². The van der Waals surface area contributed by atoms with Crippen molar-refractivity contribution in [2.45, 2.75) is 70.6 Å². The number of methoxy groups -OCH3 is 1. The summed E-state index contributed by atoms with van der Waals surface area (Å²) in [6.45, 7) is 4.64. The minimum absolute atomic E-state index is 0.138. The Labute approximate surface area is 213 Å². The molecule has 1 saturated carbocycles. The van der Waals surface area contributed by atoms with E-state index in [1.54, 1.807) is 18.9 Å². The molecule has 4 rings (SSSR count). The summed E-state index contributed by atoms with van der Waals surface area (Å²) in [6, 6.07) is 7.21. The number of ether oxygens (including phenoxy) is 1. The Morgan fingerprint density at radius 2 is 2.00 bits per heavy atom. The van der Waals surface area contributed by atoms with Crippen LogP contribution in [0.25, 0.3) is 0 Å². The van der Waals surface area contributed by atoms with Gasteiger partial charge in [0.25, 0.3) is 11.8 Å². The monoisotopic (exact) mass is 545 g/mol. The largest absolute Gasteiger partial charge is 0.496 e. The van der Waals surface area contributed by atoms with Crippen molar-refractivity contribution in [3.8, 4) is 5.75 Å². The fraction of sp³-hybridized carbons (Fsp3) is 0.520. The maximum Gasteiger partial charge on any atom is 0.273 e. The van der Waals surface area contributed by atoms with Crippen molar-refractivity contribution in [1.29, 1.82) is 0 Å². The smallest absolute Gasteiger partial charge is 0.273 e. The molecule has 1 aromatic carbocycles. The van der Waals surface area contributed by atoms with Crippen LogP contribution in [-0.2, 0) is 17.9 Å². The van der Waals surface area contributed by atoms with E-state index in [9.17, 15) is 14.4 Å². The predicted octanol–water partition coefficient (Wildman–Crippen LogP) is 3.27. The fourth-order valence-electron chi connectivity index (χ4n) is 4.89.